The van der Waals surface area contributed by atoms with E-state index in [9.17, 15) is 8.42 Å². The fourth-order valence-electron chi connectivity index (χ4n) is 2.83. The minimum Gasteiger partial charge on any atom is -0.494 e. The van der Waals surface area contributed by atoms with Gasteiger partial charge in [0.05, 0.1) is 11.5 Å². The average Bonchev–Trinajstić information content (AvgIpc) is 2.72. The summed E-state index contributed by atoms with van der Waals surface area (Å²) in [6, 6.07) is 6.55. The lowest BCUT2D eigenvalue weighted by Crippen LogP contribution is -2.49. The van der Waals surface area contributed by atoms with Gasteiger partial charge in [-0.1, -0.05) is 31.7 Å². The Morgan fingerprint density at radius 2 is 1.87 bits per heavy atom. The molecular weight excluding hydrogens is 336 g/mol. The molecule has 0 amide bonds. The van der Waals surface area contributed by atoms with Crippen LogP contribution in [0, 0.1) is 0 Å². The highest BCUT2D eigenvalue weighted by Gasteiger charge is 2.28. The first-order valence-corrected chi connectivity index (χ1v) is 9.45. The van der Waals surface area contributed by atoms with Crippen molar-refractivity contribution in [2.75, 3.05) is 13.2 Å². The number of hydrogen-bond acceptors (Lipinski definition) is 4. The van der Waals surface area contributed by atoms with Crippen molar-refractivity contribution >= 4 is 22.4 Å². The lowest BCUT2D eigenvalue weighted by Gasteiger charge is -2.28. The SMILES string of the molecule is CCOc1cccc(S(=O)(=O)NCC2(N)CCCCCC2)c1.Cl. The van der Waals surface area contributed by atoms with Gasteiger partial charge < -0.3 is 10.5 Å². The summed E-state index contributed by atoms with van der Waals surface area (Å²) in [5.41, 5.74) is 5.94. The van der Waals surface area contributed by atoms with Crippen LogP contribution >= 0.6 is 12.4 Å². The number of sulfonamides is 1. The molecule has 1 saturated carbocycles. The van der Waals surface area contributed by atoms with Gasteiger partial charge in [-0.15, -0.1) is 12.4 Å². The van der Waals surface area contributed by atoms with E-state index in [0.29, 0.717) is 12.4 Å². The van der Waals surface area contributed by atoms with Gasteiger partial charge >= 0.3 is 0 Å². The molecule has 1 aliphatic rings. The number of rotatable bonds is 6. The first-order chi connectivity index (χ1) is 10.5. The molecule has 5 nitrogen and oxygen atoms in total. The third kappa shape index (κ3) is 5.95. The smallest absolute Gasteiger partial charge is 0.240 e. The quantitative estimate of drug-likeness (QED) is 0.762. The van der Waals surface area contributed by atoms with E-state index in [0.717, 1.165) is 25.7 Å². The maximum Gasteiger partial charge on any atom is 0.240 e. The summed E-state index contributed by atoms with van der Waals surface area (Å²) in [7, 11) is -3.56. The van der Waals surface area contributed by atoms with Crippen molar-refractivity contribution < 1.29 is 13.2 Å². The molecule has 1 aromatic rings. The molecule has 0 atom stereocenters. The van der Waals surface area contributed by atoms with Gasteiger partial charge in [-0.25, -0.2) is 13.1 Å². The lowest BCUT2D eigenvalue weighted by atomic mass is 9.92. The molecule has 2 rings (SSSR count). The fourth-order valence-corrected chi connectivity index (χ4v) is 4.00. The van der Waals surface area contributed by atoms with Crippen LogP contribution in [-0.4, -0.2) is 27.1 Å². The first kappa shape index (κ1) is 20.2. The summed E-state index contributed by atoms with van der Waals surface area (Å²) in [6.07, 6.45) is 6.24. The zero-order chi connectivity index (χ0) is 16.1. The standard InChI is InChI=1S/C16H26N2O3S.ClH/c1-2-21-14-8-7-9-15(12-14)22(19,20)18-13-16(17)10-5-3-4-6-11-16;/h7-9,12,18H,2-6,10-11,13,17H2,1H3;1H. The van der Waals surface area contributed by atoms with E-state index >= 15 is 0 Å². The van der Waals surface area contributed by atoms with Crippen LogP contribution in [0.4, 0.5) is 0 Å². The Labute approximate surface area is 145 Å². The summed E-state index contributed by atoms with van der Waals surface area (Å²) in [6.45, 7) is 2.65. The number of benzene rings is 1. The van der Waals surface area contributed by atoms with Gasteiger partial charge in [0, 0.05) is 18.2 Å². The van der Waals surface area contributed by atoms with E-state index < -0.39 is 15.6 Å². The van der Waals surface area contributed by atoms with E-state index in [1.54, 1.807) is 24.3 Å². The van der Waals surface area contributed by atoms with Crippen molar-refractivity contribution in [3.8, 4) is 5.75 Å². The molecule has 0 spiro atoms. The Morgan fingerprint density at radius 1 is 1.22 bits per heavy atom. The summed E-state index contributed by atoms with van der Waals surface area (Å²) < 4.78 is 32.9. The molecule has 1 fully saturated rings. The molecule has 0 aromatic heterocycles. The van der Waals surface area contributed by atoms with Crippen LogP contribution in [0.25, 0.3) is 0 Å². The van der Waals surface area contributed by atoms with Crippen LogP contribution < -0.4 is 15.2 Å². The van der Waals surface area contributed by atoms with Gasteiger partial charge in [0.1, 0.15) is 5.75 Å². The van der Waals surface area contributed by atoms with Crippen LogP contribution in [0.2, 0.25) is 0 Å². The van der Waals surface area contributed by atoms with Crippen LogP contribution in [0.3, 0.4) is 0 Å². The minimum absolute atomic E-state index is 0. The highest BCUT2D eigenvalue weighted by Crippen LogP contribution is 2.25. The number of ether oxygens (including phenoxy) is 1. The van der Waals surface area contributed by atoms with Crippen molar-refractivity contribution in [1.29, 1.82) is 0 Å². The van der Waals surface area contributed by atoms with Gasteiger partial charge in [-0.05, 0) is 31.9 Å². The second kappa shape index (κ2) is 8.87. The normalized spacial score (nSPS) is 17.8. The van der Waals surface area contributed by atoms with Gasteiger partial charge in [0.15, 0.2) is 0 Å². The Kier molecular flexibility index (Phi) is 7.80. The summed E-state index contributed by atoms with van der Waals surface area (Å²) in [5, 5.41) is 0. The van der Waals surface area contributed by atoms with Gasteiger partial charge in [0.2, 0.25) is 10.0 Å². The van der Waals surface area contributed by atoms with Crippen molar-refractivity contribution in [3.05, 3.63) is 24.3 Å². The minimum atomic E-state index is -3.56. The zero-order valence-corrected chi connectivity index (χ0v) is 15.2. The summed E-state index contributed by atoms with van der Waals surface area (Å²) in [5.74, 6) is 0.558. The highest BCUT2D eigenvalue weighted by molar-refractivity contribution is 7.89. The topological polar surface area (TPSA) is 81.4 Å². The second-order valence-electron chi connectivity index (χ2n) is 6.01. The Bertz CT molecular complexity index is 585. The molecule has 132 valence electrons. The largest absolute Gasteiger partial charge is 0.494 e. The molecule has 0 bridgehead atoms. The van der Waals surface area contributed by atoms with Gasteiger partial charge in [-0.2, -0.15) is 0 Å². The predicted molar refractivity (Wildman–Crippen MR) is 94.7 cm³/mol. The summed E-state index contributed by atoms with van der Waals surface area (Å²) in [4.78, 5) is 0.218. The molecule has 0 radical (unpaired) electrons. The van der Waals surface area contributed by atoms with Crippen LogP contribution in [-0.2, 0) is 10.0 Å². The number of halogens is 1. The summed E-state index contributed by atoms with van der Waals surface area (Å²) >= 11 is 0. The molecule has 0 saturated heterocycles. The molecule has 0 aliphatic heterocycles. The molecule has 1 aromatic carbocycles. The second-order valence-corrected chi connectivity index (χ2v) is 7.78. The van der Waals surface area contributed by atoms with Crippen LogP contribution in [0.5, 0.6) is 5.75 Å². The molecule has 0 heterocycles. The lowest BCUT2D eigenvalue weighted by molar-refractivity contribution is 0.339. The third-order valence-corrected chi connectivity index (χ3v) is 5.54. The Hall–Kier alpha value is -0.820. The van der Waals surface area contributed by atoms with E-state index in [1.807, 2.05) is 6.92 Å². The third-order valence-electron chi connectivity index (χ3n) is 4.14. The maximum atomic E-state index is 12.4. The molecular formula is C16H27ClN2O3S. The van der Waals surface area contributed by atoms with Gasteiger partial charge in [0.25, 0.3) is 0 Å². The Morgan fingerprint density at radius 3 is 2.48 bits per heavy atom. The monoisotopic (exact) mass is 362 g/mol. The van der Waals surface area contributed by atoms with E-state index in [1.165, 1.54) is 12.8 Å². The van der Waals surface area contributed by atoms with E-state index in [-0.39, 0.29) is 23.8 Å². The fraction of sp³-hybridized carbons (Fsp3) is 0.625. The number of nitrogens with one attached hydrogen (secondary N) is 1. The van der Waals surface area contributed by atoms with Gasteiger partial charge in [-0.3, -0.25) is 0 Å². The van der Waals surface area contributed by atoms with Crippen LogP contribution in [0.15, 0.2) is 29.2 Å². The molecule has 7 heteroatoms. The predicted octanol–water partition coefficient (Wildman–Crippen LogP) is 2.84. The van der Waals surface area contributed by atoms with E-state index in [4.69, 9.17) is 10.5 Å². The maximum absolute atomic E-state index is 12.4. The average molecular weight is 363 g/mol. The number of nitrogens with two attached hydrogens (primary N) is 1. The first-order valence-electron chi connectivity index (χ1n) is 7.97. The number of hydrogen-bond donors (Lipinski definition) is 2. The molecule has 1 aliphatic carbocycles. The zero-order valence-electron chi connectivity index (χ0n) is 13.6. The highest BCUT2D eigenvalue weighted by atomic mass is 35.5. The molecule has 23 heavy (non-hydrogen) atoms. The van der Waals surface area contributed by atoms with Crippen molar-refractivity contribution in [2.45, 2.75) is 55.9 Å². The molecule has 3 N–H and O–H groups in total. The van der Waals surface area contributed by atoms with E-state index in [2.05, 4.69) is 4.72 Å². The van der Waals surface area contributed by atoms with Crippen molar-refractivity contribution in [2.24, 2.45) is 5.73 Å². The molecule has 0 unspecified atom stereocenters. The van der Waals surface area contributed by atoms with Crippen molar-refractivity contribution in [1.82, 2.24) is 4.72 Å². The van der Waals surface area contributed by atoms with Crippen LogP contribution in [0.1, 0.15) is 45.4 Å². The van der Waals surface area contributed by atoms with Crippen molar-refractivity contribution in [3.63, 3.8) is 0 Å². The Balaban J connectivity index is 0.00000264.